The van der Waals surface area contributed by atoms with Gasteiger partial charge in [0.2, 0.25) is 0 Å². The number of thioether (sulfide) groups is 1. The Kier molecular flexibility index (Phi) is 4.51. The lowest BCUT2D eigenvalue weighted by atomic mass is 10.1. The van der Waals surface area contributed by atoms with Gasteiger partial charge in [-0.15, -0.1) is 18.3 Å². The Morgan fingerprint density at radius 2 is 2.14 bits per heavy atom. The SMILES string of the molecule is C=CCSc1ccccc1NCc1ccc2c(c1)CCO2. The van der Waals surface area contributed by atoms with Gasteiger partial charge in [-0.1, -0.05) is 30.3 Å². The van der Waals surface area contributed by atoms with E-state index in [0.29, 0.717) is 0 Å². The molecule has 0 radical (unpaired) electrons. The maximum absolute atomic E-state index is 5.55. The molecule has 0 unspecified atom stereocenters. The van der Waals surface area contributed by atoms with E-state index in [1.54, 1.807) is 11.8 Å². The normalized spacial score (nSPS) is 12.6. The van der Waals surface area contributed by atoms with Crippen LogP contribution in [-0.4, -0.2) is 12.4 Å². The third kappa shape index (κ3) is 3.42. The average Bonchev–Trinajstić information content (AvgIpc) is 2.99. The summed E-state index contributed by atoms with van der Waals surface area (Å²) in [5, 5.41) is 3.53. The predicted octanol–water partition coefficient (Wildman–Crippen LogP) is 4.51. The first-order valence-electron chi connectivity index (χ1n) is 7.18. The average molecular weight is 297 g/mol. The third-order valence-electron chi connectivity index (χ3n) is 3.48. The van der Waals surface area contributed by atoms with Crippen molar-refractivity contribution in [2.45, 2.75) is 17.9 Å². The summed E-state index contributed by atoms with van der Waals surface area (Å²) < 4.78 is 5.55. The summed E-state index contributed by atoms with van der Waals surface area (Å²) >= 11 is 1.80. The minimum absolute atomic E-state index is 0.813. The van der Waals surface area contributed by atoms with Crippen LogP contribution in [0.2, 0.25) is 0 Å². The van der Waals surface area contributed by atoms with Crippen LogP contribution in [0.15, 0.2) is 60.0 Å². The lowest BCUT2D eigenvalue weighted by Gasteiger charge is -2.11. The topological polar surface area (TPSA) is 21.3 Å². The van der Waals surface area contributed by atoms with Crippen molar-refractivity contribution in [3.63, 3.8) is 0 Å². The number of nitrogens with one attached hydrogen (secondary N) is 1. The summed E-state index contributed by atoms with van der Waals surface area (Å²) in [6.45, 7) is 5.42. The molecule has 2 aromatic rings. The van der Waals surface area contributed by atoms with Gasteiger partial charge in [0.1, 0.15) is 5.75 Å². The second-order valence-electron chi connectivity index (χ2n) is 4.99. The van der Waals surface area contributed by atoms with E-state index in [4.69, 9.17) is 4.74 Å². The number of ether oxygens (including phenoxy) is 1. The molecule has 0 aromatic heterocycles. The van der Waals surface area contributed by atoms with Gasteiger partial charge in [0.25, 0.3) is 0 Å². The van der Waals surface area contributed by atoms with Gasteiger partial charge < -0.3 is 10.1 Å². The molecule has 2 nitrogen and oxygen atoms in total. The monoisotopic (exact) mass is 297 g/mol. The highest BCUT2D eigenvalue weighted by atomic mass is 32.2. The predicted molar refractivity (Wildman–Crippen MR) is 90.3 cm³/mol. The van der Waals surface area contributed by atoms with Crippen molar-refractivity contribution in [3.05, 3.63) is 66.2 Å². The van der Waals surface area contributed by atoms with Gasteiger partial charge in [-0.3, -0.25) is 0 Å². The summed E-state index contributed by atoms with van der Waals surface area (Å²) in [7, 11) is 0. The largest absolute Gasteiger partial charge is 0.493 e. The van der Waals surface area contributed by atoms with Crippen LogP contribution >= 0.6 is 11.8 Å². The smallest absolute Gasteiger partial charge is 0.122 e. The summed E-state index contributed by atoms with van der Waals surface area (Å²) in [6, 6.07) is 14.9. The zero-order valence-corrected chi connectivity index (χ0v) is 12.8. The molecule has 3 rings (SSSR count). The van der Waals surface area contributed by atoms with Crippen molar-refractivity contribution in [1.82, 2.24) is 0 Å². The highest BCUT2D eigenvalue weighted by Crippen LogP contribution is 2.29. The molecule has 0 amide bonds. The van der Waals surface area contributed by atoms with Crippen LogP contribution in [0.4, 0.5) is 5.69 Å². The molecular weight excluding hydrogens is 278 g/mol. The number of hydrogen-bond acceptors (Lipinski definition) is 3. The zero-order chi connectivity index (χ0) is 14.5. The first kappa shape index (κ1) is 14.1. The molecule has 1 heterocycles. The van der Waals surface area contributed by atoms with Crippen molar-refractivity contribution in [2.24, 2.45) is 0 Å². The highest BCUT2D eigenvalue weighted by Gasteiger charge is 2.11. The molecule has 0 fully saturated rings. The minimum Gasteiger partial charge on any atom is -0.493 e. The maximum atomic E-state index is 5.55. The van der Waals surface area contributed by atoms with Gasteiger partial charge in [0.05, 0.1) is 6.61 Å². The molecule has 0 aliphatic carbocycles. The van der Waals surface area contributed by atoms with Crippen LogP contribution in [0.3, 0.4) is 0 Å². The fourth-order valence-electron chi connectivity index (χ4n) is 2.43. The summed E-state index contributed by atoms with van der Waals surface area (Å²) in [6.07, 6.45) is 2.96. The minimum atomic E-state index is 0.813. The summed E-state index contributed by atoms with van der Waals surface area (Å²) in [5.74, 6) is 1.97. The Hall–Kier alpha value is -1.87. The van der Waals surface area contributed by atoms with E-state index in [2.05, 4.69) is 54.4 Å². The van der Waals surface area contributed by atoms with Crippen LogP contribution in [0.25, 0.3) is 0 Å². The van der Waals surface area contributed by atoms with Gasteiger partial charge in [-0.25, -0.2) is 0 Å². The summed E-state index contributed by atoms with van der Waals surface area (Å²) in [5.41, 5.74) is 3.80. The summed E-state index contributed by atoms with van der Waals surface area (Å²) in [4.78, 5) is 1.27. The molecule has 0 bridgehead atoms. The van der Waals surface area contributed by atoms with Crippen molar-refractivity contribution >= 4 is 17.4 Å². The number of hydrogen-bond donors (Lipinski definition) is 1. The van der Waals surface area contributed by atoms with Gasteiger partial charge in [-0.2, -0.15) is 0 Å². The zero-order valence-electron chi connectivity index (χ0n) is 12.0. The van der Waals surface area contributed by atoms with E-state index in [0.717, 1.165) is 31.1 Å². The Bertz CT molecular complexity index is 639. The molecule has 0 spiro atoms. The quantitative estimate of drug-likeness (QED) is 0.626. The fourth-order valence-corrected chi connectivity index (χ4v) is 3.20. The second kappa shape index (κ2) is 6.72. The second-order valence-corrected chi connectivity index (χ2v) is 6.05. The third-order valence-corrected chi connectivity index (χ3v) is 4.55. The fraction of sp³-hybridized carbons (Fsp3) is 0.222. The standard InChI is InChI=1S/C18H19NOS/c1-2-11-21-18-6-4-3-5-16(18)19-13-14-7-8-17-15(12-14)9-10-20-17/h2-8,12,19H,1,9-11,13H2. The molecule has 108 valence electrons. The molecule has 2 aromatic carbocycles. The van der Waals surface area contributed by atoms with Crippen LogP contribution in [0.5, 0.6) is 5.75 Å². The van der Waals surface area contributed by atoms with Crippen LogP contribution in [0, 0.1) is 0 Å². The van der Waals surface area contributed by atoms with Crippen molar-refractivity contribution in [3.8, 4) is 5.75 Å². The first-order valence-corrected chi connectivity index (χ1v) is 8.16. The number of rotatable bonds is 6. The van der Waals surface area contributed by atoms with E-state index in [-0.39, 0.29) is 0 Å². The van der Waals surface area contributed by atoms with Crippen LogP contribution in [0.1, 0.15) is 11.1 Å². The molecule has 21 heavy (non-hydrogen) atoms. The molecule has 3 heteroatoms. The Labute approximate surface area is 130 Å². The van der Waals surface area contributed by atoms with Gasteiger partial charge in [-0.05, 0) is 29.3 Å². The molecule has 0 saturated carbocycles. The highest BCUT2D eigenvalue weighted by molar-refractivity contribution is 7.99. The Morgan fingerprint density at radius 3 is 3.05 bits per heavy atom. The number of para-hydroxylation sites is 1. The number of anilines is 1. The van der Waals surface area contributed by atoms with E-state index in [1.807, 2.05) is 6.08 Å². The Morgan fingerprint density at radius 1 is 1.24 bits per heavy atom. The molecule has 0 saturated heterocycles. The maximum Gasteiger partial charge on any atom is 0.122 e. The molecular formula is C18H19NOS. The molecule has 0 atom stereocenters. The first-order chi connectivity index (χ1) is 10.4. The van der Waals surface area contributed by atoms with E-state index in [1.165, 1.54) is 21.7 Å². The molecule has 1 aliphatic rings. The van der Waals surface area contributed by atoms with Crippen molar-refractivity contribution < 1.29 is 4.74 Å². The lowest BCUT2D eigenvalue weighted by Crippen LogP contribution is -2.01. The van der Waals surface area contributed by atoms with Gasteiger partial charge >= 0.3 is 0 Å². The Balaban J connectivity index is 1.68. The van der Waals surface area contributed by atoms with Gasteiger partial charge in [0.15, 0.2) is 0 Å². The molecule has 1 N–H and O–H groups in total. The van der Waals surface area contributed by atoms with Crippen molar-refractivity contribution in [2.75, 3.05) is 17.7 Å². The van der Waals surface area contributed by atoms with E-state index in [9.17, 15) is 0 Å². The lowest BCUT2D eigenvalue weighted by molar-refractivity contribution is 0.357. The number of benzene rings is 2. The van der Waals surface area contributed by atoms with E-state index >= 15 is 0 Å². The van der Waals surface area contributed by atoms with Crippen LogP contribution in [-0.2, 0) is 13.0 Å². The van der Waals surface area contributed by atoms with Crippen molar-refractivity contribution in [1.29, 1.82) is 0 Å². The number of fused-ring (bicyclic) bond motifs is 1. The van der Waals surface area contributed by atoms with E-state index < -0.39 is 0 Å². The molecule has 1 aliphatic heterocycles. The van der Waals surface area contributed by atoms with Gasteiger partial charge in [0, 0.05) is 29.3 Å². The van der Waals surface area contributed by atoms with Crippen LogP contribution < -0.4 is 10.1 Å².